The molecule has 0 aliphatic carbocycles. The monoisotopic (exact) mass is 253 g/mol. The van der Waals surface area contributed by atoms with Crippen molar-refractivity contribution in [2.75, 3.05) is 41.4 Å². The highest BCUT2D eigenvalue weighted by atomic mass is 32.2. The van der Waals surface area contributed by atoms with Gasteiger partial charge in [-0.25, -0.2) is 0 Å². The molecule has 1 aromatic heterocycles. The van der Waals surface area contributed by atoms with Gasteiger partial charge in [0, 0.05) is 41.9 Å². The maximum Gasteiger partial charge on any atom is 0.0574 e. The first-order valence-corrected chi connectivity index (χ1v) is 7.57. The van der Waals surface area contributed by atoms with E-state index in [0.29, 0.717) is 0 Å². The Morgan fingerprint density at radius 2 is 2.18 bits per heavy atom. The Bertz CT molecular complexity index is 387. The number of hydrogen-bond acceptors (Lipinski definition) is 4. The van der Waals surface area contributed by atoms with Crippen molar-refractivity contribution >= 4 is 22.2 Å². The van der Waals surface area contributed by atoms with Gasteiger partial charge >= 0.3 is 0 Å². The summed E-state index contributed by atoms with van der Waals surface area (Å²) < 4.78 is 11.3. The van der Waals surface area contributed by atoms with E-state index in [2.05, 4.69) is 28.2 Å². The average molecular weight is 253 g/mol. The summed E-state index contributed by atoms with van der Waals surface area (Å²) >= 11 is 0. The first-order valence-electron chi connectivity index (χ1n) is 6.08. The lowest BCUT2D eigenvalue weighted by molar-refractivity contribution is 0.673. The molecule has 4 nitrogen and oxygen atoms in total. The van der Waals surface area contributed by atoms with Gasteiger partial charge in [-0.3, -0.25) is 9.19 Å². The van der Waals surface area contributed by atoms with Crippen molar-refractivity contribution in [2.45, 2.75) is 13.3 Å². The van der Waals surface area contributed by atoms with E-state index in [1.54, 1.807) is 0 Å². The summed E-state index contributed by atoms with van der Waals surface area (Å²) in [4.78, 5) is 6.51. The molecule has 0 unspecified atom stereocenters. The van der Waals surface area contributed by atoms with E-state index < -0.39 is 10.8 Å². The zero-order valence-electron chi connectivity index (χ0n) is 10.2. The first kappa shape index (κ1) is 12.4. The van der Waals surface area contributed by atoms with Crippen LogP contribution in [0.4, 0.5) is 11.4 Å². The molecule has 1 fully saturated rings. The van der Waals surface area contributed by atoms with Gasteiger partial charge in [-0.1, -0.05) is 6.92 Å². The molecule has 2 heterocycles. The molecule has 0 aromatic carbocycles. The van der Waals surface area contributed by atoms with Crippen molar-refractivity contribution < 1.29 is 4.21 Å². The third-order valence-electron chi connectivity index (χ3n) is 2.85. The van der Waals surface area contributed by atoms with Crippen LogP contribution in [0.2, 0.25) is 0 Å². The van der Waals surface area contributed by atoms with Gasteiger partial charge in [0.1, 0.15) is 0 Å². The lowest BCUT2D eigenvalue weighted by atomic mass is 10.3. The molecule has 1 saturated heterocycles. The molecule has 5 heteroatoms. The van der Waals surface area contributed by atoms with Crippen molar-refractivity contribution in [3.05, 3.63) is 18.5 Å². The number of nitrogens with zero attached hydrogens (tertiary/aromatic N) is 2. The minimum absolute atomic E-state index is 0.623. The minimum Gasteiger partial charge on any atom is -0.384 e. The topological polar surface area (TPSA) is 45.2 Å². The lowest BCUT2D eigenvalue weighted by Gasteiger charge is -2.28. The molecule has 94 valence electrons. The molecule has 0 atom stereocenters. The highest BCUT2D eigenvalue weighted by molar-refractivity contribution is 7.85. The molecule has 0 spiro atoms. The van der Waals surface area contributed by atoms with E-state index >= 15 is 0 Å². The minimum atomic E-state index is -0.623. The van der Waals surface area contributed by atoms with Crippen LogP contribution >= 0.6 is 0 Å². The zero-order valence-corrected chi connectivity index (χ0v) is 11.0. The Morgan fingerprint density at radius 3 is 2.88 bits per heavy atom. The van der Waals surface area contributed by atoms with Crippen molar-refractivity contribution in [3.8, 4) is 0 Å². The summed E-state index contributed by atoms with van der Waals surface area (Å²) in [5, 5.41) is 3.33. The van der Waals surface area contributed by atoms with Crippen molar-refractivity contribution in [1.29, 1.82) is 0 Å². The summed E-state index contributed by atoms with van der Waals surface area (Å²) in [5.41, 5.74) is 2.19. The maximum absolute atomic E-state index is 11.3. The van der Waals surface area contributed by atoms with E-state index in [-0.39, 0.29) is 0 Å². The molecule has 1 aliphatic rings. The summed E-state index contributed by atoms with van der Waals surface area (Å²) in [7, 11) is -0.623. The van der Waals surface area contributed by atoms with E-state index in [1.165, 1.54) is 0 Å². The number of hydrogen-bond donors (Lipinski definition) is 1. The summed E-state index contributed by atoms with van der Waals surface area (Å²) in [6, 6.07) is 2.12. The molecule has 0 bridgehead atoms. The van der Waals surface area contributed by atoms with Crippen LogP contribution in [-0.2, 0) is 10.8 Å². The van der Waals surface area contributed by atoms with E-state index in [9.17, 15) is 4.21 Å². The van der Waals surface area contributed by atoms with Crippen LogP contribution in [0.5, 0.6) is 0 Å². The van der Waals surface area contributed by atoms with Gasteiger partial charge in [-0.15, -0.1) is 0 Å². The fourth-order valence-corrected chi connectivity index (χ4v) is 2.91. The van der Waals surface area contributed by atoms with Crippen LogP contribution in [0, 0.1) is 0 Å². The Balaban J connectivity index is 2.02. The quantitative estimate of drug-likeness (QED) is 0.882. The lowest BCUT2D eigenvalue weighted by Crippen LogP contribution is -2.37. The Hall–Kier alpha value is -1.10. The van der Waals surface area contributed by atoms with Crippen molar-refractivity contribution in [3.63, 3.8) is 0 Å². The van der Waals surface area contributed by atoms with Crippen molar-refractivity contribution in [1.82, 2.24) is 4.98 Å². The van der Waals surface area contributed by atoms with Gasteiger partial charge in [-0.05, 0) is 12.5 Å². The third-order valence-corrected chi connectivity index (χ3v) is 4.12. The predicted octanol–water partition coefficient (Wildman–Crippen LogP) is 1.47. The smallest absolute Gasteiger partial charge is 0.0574 e. The second-order valence-corrected chi connectivity index (χ2v) is 5.89. The highest BCUT2D eigenvalue weighted by Gasteiger charge is 2.15. The highest BCUT2D eigenvalue weighted by Crippen LogP contribution is 2.19. The second kappa shape index (κ2) is 6.00. The fraction of sp³-hybridized carbons (Fsp3) is 0.583. The summed E-state index contributed by atoms with van der Waals surface area (Å²) in [6.45, 7) is 4.84. The number of rotatable bonds is 4. The first-order chi connectivity index (χ1) is 8.29. The normalized spacial score (nSPS) is 17.1. The molecule has 0 radical (unpaired) electrons. The molecule has 1 N–H and O–H groups in total. The summed E-state index contributed by atoms with van der Waals surface area (Å²) in [6.07, 6.45) is 4.83. The van der Waals surface area contributed by atoms with Gasteiger partial charge in [-0.2, -0.15) is 0 Å². The SMILES string of the molecule is CCCNc1cncc(N2CCS(=O)CC2)c1. The van der Waals surface area contributed by atoms with Crippen LogP contribution in [0.3, 0.4) is 0 Å². The number of aromatic nitrogens is 1. The van der Waals surface area contributed by atoms with E-state index in [1.807, 2.05) is 12.4 Å². The van der Waals surface area contributed by atoms with Crippen LogP contribution in [0.1, 0.15) is 13.3 Å². The number of nitrogens with one attached hydrogen (secondary N) is 1. The average Bonchev–Trinajstić information content (AvgIpc) is 2.37. The van der Waals surface area contributed by atoms with Gasteiger partial charge in [0.25, 0.3) is 0 Å². The van der Waals surface area contributed by atoms with Gasteiger partial charge < -0.3 is 10.2 Å². The van der Waals surface area contributed by atoms with Crippen molar-refractivity contribution in [2.24, 2.45) is 0 Å². The molecular formula is C12H19N3OS. The number of anilines is 2. The third kappa shape index (κ3) is 3.43. The van der Waals surface area contributed by atoms with Gasteiger partial charge in [0.15, 0.2) is 0 Å². The Kier molecular flexibility index (Phi) is 4.36. The standard InChI is InChI=1S/C12H19N3OS/c1-2-3-14-11-8-12(10-13-9-11)15-4-6-17(16)7-5-15/h8-10,14H,2-7H2,1H3. The van der Waals surface area contributed by atoms with Gasteiger partial charge in [0.05, 0.1) is 23.8 Å². The van der Waals surface area contributed by atoms with Crippen LogP contribution in [0.25, 0.3) is 0 Å². The van der Waals surface area contributed by atoms with Gasteiger partial charge in [0.2, 0.25) is 0 Å². The molecule has 1 aliphatic heterocycles. The van der Waals surface area contributed by atoms with E-state index in [4.69, 9.17) is 0 Å². The molecule has 0 saturated carbocycles. The van der Waals surface area contributed by atoms with Crippen LogP contribution < -0.4 is 10.2 Å². The maximum atomic E-state index is 11.3. The van der Waals surface area contributed by atoms with Crippen LogP contribution in [0.15, 0.2) is 18.5 Å². The molecule has 17 heavy (non-hydrogen) atoms. The Labute approximate surface area is 105 Å². The molecule has 0 amide bonds. The van der Waals surface area contributed by atoms with E-state index in [0.717, 1.165) is 48.9 Å². The number of pyridine rings is 1. The Morgan fingerprint density at radius 1 is 1.41 bits per heavy atom. The largest absolute Gasteiger partial charge is 0.384 e. The molecule has 1 aromatic rings. The predicted molar refractivity (Wildman–Crippen MR) is 73.1 cm³/mol. The van der Waals surface area contributed by atoms with Crippen LogP contribution in [-0.4, -0.2) is 40.3 Å². The fourth-order valence-electron chi connectivity index (χ4n) is 1.86. The zero-order chi connectivity index (χ0) is 12.1. The second-order valence-electron chi connectivity index (χ2n) is 4.19. The summed E-state index contributed by atoms with van der Waals surface area (Å²) in [5.74, 6) is 1.54. The molecule has 2 rings (SSSR count). The molecular weight excluding hydrogens is 234 g/mol.